The molecule has 0 aromatic heterocycles. The molecule has 0 bridgehead atoms. The number of nitrogens with one attached hydrogen (secondary N) is 1. The molecule has 0 aliphatic rings. The van der Waals surface area contributed by atoms with E-state index in [1.54, 1.807) is 19.0 Å². The maximum absolute atomic E-state index is 12.1. The van der Waals surface area contributed by atoms with Gasteiger partial charge in [-0.05, 0) is 48.9 Å². The molecular formula is C25H32N2O4. The lowest BCUT2D eigenvalue weighted by atomic mass is 10.1. The summed E-state index contributed by atoms with van der Waals surface area (Å²) in [5, 5.41) is 2.83. The number of hydrogen-bond acceptors (Lipinski definition) is 4. The van der Waals surface area contributed by atoms with E-state index in [1.807, 2.05) is 42.5 Å². The van der Waals surface area contributed by atoms with E-state index >= 15 is 0 Å². The summed E-state index contributed by atoms with van der Waals surface area (Å²) >= 11 is 0. The van der Waals surface area contributed by atoms with E-state index in [1.165, 1.54) is 5.56 Å². The highest BCUT2D eigenvalue weighted by Gasteiger charge is 2.08. The topological polar surface area (TPSA) is 75.7 Å². The van der Waals surface area contributed by atoms with Crippen molar-refractivity contribution in [2.24, 2.45) is 0 Å². The molecule has 6 nitrogen and oxygen atoms in total. The minimum atomic E-state index is -0.266. The van der Waals surface area contributed by atoms with Crippen LogP contribution in [0.2, 0.25) is 0 Å². The van der Waals surface area contributed by atoms with Crippen molar-refractivity contribution in [2.45, 2.75) is 44.9 Å². The molecule has 1 N–H and O–H groups in total. The Morgan fingerprint density at radius 2 is 1.48 bits per heavy atom. The van der Waals surface area contributed by atoms with Gasteiger partial charge in [-0.2, -0.15) is 0 Å². The maximum atomic E-state index is 12.1. The van der Waals surface area contributed by atoms with Crippen LogP contribution in [0, 0.1) is 0 Å². The molecule has 0 heterocycles. The SMILES string of the molecule is CN(C)C(=O)CCc1ccc(NC(=O)CCCC(=O)OCCCc2ccccc2)cc1. The van der Waals surface area contributed by atoms with Crippen molar-refractivity contribution in [1.82, 2.24) is 4.90 Å². The van der Waals surface area contributed by atoms with E-state index in [0.29, 0.717) is 31.6 Å². The molecule has 0 spiro atoms. The van der Waals surface area contributed by atoms with Crippen molar-refractivity contribution in [2.75, 3.05) is 26.0 Å². The van der Waals surface area contributed by atoms with Crippen molar-refractivity contribution < 1.29 is 19.1 Å². The number of carbonyl (C=O) groups excluding carboxylic acids is 3. The van der Waals surface area contributed by atoms with E-state index < -0.39 is 0 Å². The lowest BCUT2D eigenvalue weighted by Crippen LogP contribution is -2.21. The predicted molar refractivity (Wildman–Crippen MR) is 122 cm³/mol. The first-order chi connectivity index (χ1) is 14.9. The van der Waals surface area contributed by atoms with Crippen molar-refractivity contribution in [3.63, 3.8) is 0 Å². The van der Waals surface area contributed by atoms with E-state index in [2.05, 4.69) is 17.4 Å². The first-order valence-corrected chi connectivity index (χ1v) is 10.7. The molecule has 2 aromatic rings. The van der Waals surface area contributed by atoms with Crippen molar-refractivity contribution >= 4 is 23.5 Å². The number of benzene rings is 2. The van der Waals surface area contributed by atoms with Crippen LogP contribution >= 0.6 is 0 Å². The third kappa shape index (κ3) is 9.94. The van der Waals surface area contributed by atoms with Crippen LogP contribution in [0.25, 0.3) is 0 Å². The lowest BCUT2D eigenvalue weighted by molar-refractivity contribution is -0.143. The number of hydrogen-bond donors (Lipinski definition) is 1. The highest BCUT2D eigenvalue weighted by molar-refractivity contribution is 5.90. The summed E-state index contributed by atoms with van der Waals surface area (Å²) in [6.45, 7) is 0.395. The molecule has 2 aromatic carbocycles. The average molecular weight is 425 g/mol. The minimum Gasteiger partial charge on any atom is -0.466 e. The fourth-order valence-corrected chi connectivity index (χ4v) is 3.03. The first kappa shape index (κ1) is 24.1. The van der Waals surface area contributed by atoms with Gasteiger partial charge in [-0.25, -0.2) is 0 Å². The second-order valence-corrected chi connectivity index (χ2v) is 7.70. The highest BCUT2D eigenvalue weighted by Crippen LogP contribution is 2.12. The number of anilines is 1. The van der Waals surface area contributed by atoms with Gasteiger partial charge in [-0.1, -0.05) is 42.5 Å². The zero-order valence-electron chi connectivity index (χ0n) is 18.4. The maximum Gasteiger partial charge on any atom is 0.305 e. The van der Waals surface area contributed by atoms with E-state index in [4.69, 9.17) is 4.74 Å². The van der Waals surface area contributed by atoms with Gasteiger partial charge in [0.1, 0.15) is 0 Å². The molecular weight excluding hydrogens is 392 g/mol. The minimum absolute atomic E-state index is 0.0899. The van der Waals surface area contributed by atoms with E-state index in [9.17, 15) is 14.4 Å². The van der Waals surface area contributed by atoms with Gasteiger partial charge < -0.3 is 15.0 Å². The summed E-state index contributed by atoms with van der Waals surface area (Å²) in [6, 6.07) is 17.6. The standard InChI is InChI=1S/C25H32N2O4/c1-27(2)24(29)18-15-21-13-16-22(17-14-21)26-23(28)11-6-12-25(30)31-19-7-10-20-8-4-3-5-9-20/h3-5,8-9,13-14,16-17H,6-7,10-12,15,18-19H2,1-2H3,(H,26,28). The molecule has 0 fully saturated rings. The summed E-state index contributed by atoms with van der Waals surface area (Å²) < 4.78 is 5.23. The third-order valence-corrected chi connectivity index (χ3v) is 4.86. The van der Waals surface area contributed by atoms with Gasteiger partial charge in [0.2, 0.25) is 11.8 Å². The Morgan fingerprint density at radius 3 is 2.16 bits per heavy atom. The Labute approximate surface area is 184 Å². The van der Waals surface area contributed by atoms with Crippen LogP contribution in [-0.4, -0.2) is 43.4 Å². The van der Waals surface area contributed by atoms with Gasteiger partial charge in [0.15, 0.2) is 0 Å². The highest BCUT2D eigenvalue weighted by atomic mass is 16.5. The fourth-order valence-electron chi connectivity index (χ4n) is 3.03. The van der Waals surface area contributed by atoms with E-state index in [0.717, 1.165) is 18.4 Å². The van der Waals surface area contributed by atoms with Gasteiger partial charge in [-0.3, -0.25) is 14.4 Å². The Hall–Kier alpha value is -3.15. The largest absolute Gasteiger partial charge is 0.466 e. The molecule has 0 aliphatic carbocycles. The van der Waals surface area contributed by atoms with Gasteiger partial charge in [-0.15, -0.1) is 0 Å². The van der Waals surface area contributed by atoms with Crippen molar-refractivity contribution in [1.29, 1.82) is 0 Å². The molecule has 31 heavy (non-hydrogen) atoms. The van der Waals surface area contributed by atoms with Crippen LogP contribution in [0.3, 0.4) is 0 Å². The van der Waals surface area contributed by atoms with Gasteiger partial charge in [0, 0.05) is 39.0 Å². The molecule has 2 rings (SSSR count). The number of nitrogens with zero attached hydrogens (tertiary/aromatic N) is 1. The summed E-state index contributed by atoms with van der Waals surface area (Å²) in [5.74, 6) is -0.308. The van der Waals surface area contributed by atoms with Crippen LogP contribution in [0.1, 0.15) is 43.2 Å². The number of aryl methyl sites for hydroxylation is 2. The van der Waals surface area contributed by atoms with Crippen molar-refractivity contribution in [3.8, 4) is 0 Å². The summed E-state index contributed by atoms with van der Waals surface area (Å²) in [5.41, 5.74) is 2.98. The fraction of sp³-hybridized carbons (Fsp3) is 0.400. The number of carbonyl (C=O) groups is 3. The van der Waals surface area contributed by atoms with Crippen molar-refractivity contribution in [3.05, 3.63) is 65.7 Å². The van der Waals surface area contributed by atoms with Crippen LogP contribution in [-0.2, 0) is 32.0 Å². The second-order valence-electron chi connectivity index (χ2n) is 7.70. The van der Waals surface area contributed by atoms with Gasteiger partial charge in [0.25, 0.3) is 0 Å². The van der Waals surface area contributed by atoms with Crippen LogP contribution in [0.5, 0.6) is 0 Å². The number of esters is 1. The Bertz CT molecular complexity index is 832. The third-order valence-electron chi connectivity index (χ3n) is 4.86. The lowest BCUT2D eigenvalue weighted by Gasteiger charge is -2.10. The molecule has 0 saturated heterocycles. The first-order valence-electron chi connectivity index (χ1n) is 10.7. The summed E-state index contributed by atoms with van der Waals surface area (Å²) in [4.78, 5) is 37.1. The molecule has 0 saturated carbocycles. The van der Waals surface area contributed by atoms with E-state index in [-0.39, 0.29) is 30.6 Å². The molecule has 2 amide bonds. The molecule has 0 unspecified atom stereocenters. The Morgan fingerprint density at radius 1 is 0.806 bits per heavy atom. The summed E-state index contributed by atoms with van der Waals surface area (Å²) in [6.07, 6.45) is 3.74. The average Bonchev–Trinajstić information content (AvgIpc) is 2.76. The number of ether oxygens (including phenoxy) is 1. The van der Waals surface area contributed by atoms with Gasteiger partial charge >= 0.3 is 5.97 Å². The number of amides is 2. The molecule has 166 valence electrons. The smallest absolute Gasteiger partial charge is 0.305 e. The van der Waals surface area contributed by atoms with Crippen LogP contribution in [0.15, 0.2) is 54.6 Å². The summed E-state index contributed by atoms with van der Waals surface area (Å²) in [7, 11) is 3.49. The molecule has 6 heteroatoms. The Balaban J connectivity index is 1.57. The van der Waals surface area contributed by atoms with Crippen LogP contribution < -0.4 is 5.32 Å². The zero-order chi connectivity index (χ0) is 22.5. The monoisotopic (exact) mass is 424 g/mol. The molecule has 0 atom stereocenters. The Kier molecular flexibility index (Phi) is 10.3. The zero-order valence-corrected chi connectivity index (χ0v) is 18.4. The quantitative estimate of drug-likeness (QED) is 0.413. The predicted octanol–water partition coefficient (Wildman–Crippen LogP) is 3.99. The molecule has 0 aliphatic heterocycles. The molecule has 0 radical (unpaired) electrons. The second kappa shape index (κ2) is 13.2. The van der Waals surface area contributed by atoms with Crippen LogP contribution in [0.4, 0.5) is 5.69 Å². The number of rotatable bonds is 12. The normalized spacial score (nSPS) is 10.4. The van der Waals surface area contributed by atoms with Gasteiger partial charge in [0.05, 0.1) is 6.61 Å².